The van der Waals surface area contributed by atoms with Crippen molar-refractivity contribution in [1.82, 2.24) is 10.3 Å². The van der Waals surface area contributed by atoms with Gasteiger partial charge in [0.1, 0.15) is 11.4 Å². The van der Waals surface area contributed by atoms with Gasteiger partial charge in [-0.15, -0.1) is 6.42 Å². The fraction of sp³-hybridized carbons (Fsp3) is 0.125. The van der Waals surface area contributed by atoms with Gasteiger partial charge in [-0.1, -0.05) is 42.3 Å². The number of aromatic nitrogens is 1. The van der Waals surface area contributed by atoms with Gasteiger partial charge in [0.25, 0.3) is 5.91 Å². The third-order valence-electron chi connectivity index (χ3n) is 2.78. The SMILES string of the molecule is C#Cc1cccc(C(=O)N[C@H](C)c2ccccc2)n1. The highest BCUT2D eigenvalue weighted by Gasteiger charge is 2.12. The normalized spacial score (nSPS) is 11.4. The Morgan fingerprint density at radius 1 is 1.21 bits per heavy atom. The Hall–Kier alpha value is -2.60. The zero-order valence-electron chi connectivity index (χ0n) is 10.6. The summed E-state index contributed by atoms with van der Waals surface area (Å²) in [4.78, 5) is 16.1. The molecule has 1 heterocycles. The van der Waals surface area contributed by atoms with Crippen LogP contribution >= 0.6 is 0 Å². The Bertz CT molecular complexity index is 614. The van der Waals surface area contributed by atoms with Gasteiger partial charge >= 0.3 is 0 Å². The van der Waals surface area contributed by atoms with Gasteiger partial charge < -0.3 is 5.32 Å². The summed E-state index contributed by atoms with van der Waals surface area (Å²) in [7, 11) is 0. The molecule has 2 aromatic rings. The molecule has 0 saturated heterocycles. The highest BCUT2D eigenvalue weighted by atomic mass is 16.1. The van der Waals surface area contributed by atoms with Crippen LogP contribution in [0.2, 0.25) is 0 Å². The second-order valence-corrected chi connectivity index (χ2v) is 4.16. The van der Waals surface area contributed by atoms with Gasteiger partial charge in [0, 0.05) is 0 Å². The molecule has 94 valence electrons. The zero-order valence-corrected chi connectivity index (χ0v) is 10.6. The topological polar surface area (TPSA) is 42.0 Å². The van der Waals surface area contributed by atoms with E-state index in [1.165, 1.54) is 0 Å². The summed E-state index contributed by atoms with van der Waals surface area (Å²) in [6.07, 6.45) is 5.27. The van der Waals surface area contributed by atoms with Gasteiger partial charge in [0.05, 0.1) is 6.04 Å². The molecule has 0 spiro atoms. The smallest absolute Gasteiger partial charge is 0.270 e. The lowest BCUT2D eigenvalue weighted by Gasteiger charge is -2.13. The number of pyridine rings is 1. The maximum atomic E-state index is 12.1. The second kappa shape index (κ2) is 5.83. The van der Waals surface area contributed by atoms with Crippen LogP contribution in [0.1, 0.15) is 34.7 Å². The molecule has 3 heteroatoms. The minimum absolute atomic E-state index is 0.0787. The molecule has 1 aromatic carbocycles. The monoisotopic (exact) mass is 250 g/mol. The number of hydrogen-bond donors (Lipinski definition) is 1. The van der Waals surface area contributed by atoms with E-state index in [2.05, 4.69) is 16.2 Å². The second-order valence-electron chi connectivity index (χ2n) is 4.16. The Morgan fingerprint density at radius 3 is 2.63 bits per heavy atom. The van der Waals surface area contributed by atoms with Gasteiger partial charge in [0.15, 0.2) is 0 Å². The van der Waals surface area contributed by atoms with Crippen molar-refractivity contribution in [3.05, 3.63) is 65.5 Å². The van der Waals surface area contributed by atoms with Crippen LogP contribution in [0.15, 0.2) is 48.5 Å². The van der Waals surface area contributed by atoms with Crippen molar-refractivity contribution in [2.24, 2.45) is 0 Å². The summed E-state index contributed by atoms with van der Waals surface area (Å²) in [6.45, 7) is 1.93. The highest BCUT2D eigenvalue weighted by Crippen LogP contribution is 2.11. The number of carbonyl (C=O) groups is 1. The van der Waals surface area contributed by atoms with Gasteiger partial charge in [-0.25, -0.2) is 4.98 Å². The molecule has 0 aliphatic carbocycles. The fourth-order valence-corrected chi connectivity index (χ4v) is 1.74. The molecular formula is C16H14N2O. The lowest BCUT2D eigenvalue weighted by atomic mass is 10.1. The van der Waals surface area contributed by atoms with E-state index in [9.17, 15) is 4.79 Å². The predicted molar refractivity (Wildman–Crippen MR) is 74.5 cm³/mol. The standard InChI is InChI=1S/C16H14N2O/c1-3-14-10-7-11-15(18-14)16(19)17-12(2)13-8-5-4-6-9-13/h1,4-12H,2H3,(H,17,19)/t12-/m1/s1. The van der Waals surface area contributed by atoms with E-state index in [-0.39, 0.29) is 11.9 Å². The number of rotatable bonds is 3. The lowest BCUT2D eigenvalue weighted by Crippen LogP contribution is -2.27. The van der Waals surface area contributed by atoms with Crippen molar-refractivity contribution >= 4 is 5.91 Å². The van der Waals surface area contributed by atoms with Crippen molar-refractivity contribution in [2.45, 2.75) is 13.0 Å². The van der Waals surface area contributed by atoms with E-state index in [4.69, 9.17) is 6.42 Å². The molecule has 2 rings (SSSR count). The van der Waals surface area contributed by atoms with Gasteiger partial charge in [-0.2, -0.15) is 0 Å². The number of hydrogen-bond acceptors (Lipinski definition) is 2. The van der Waals surface area contributed by atoms with Crippen LogP contribution in [-0.2, 0) is 0 Å². The molecule has 0 radical (unpaired) electrons. The Kier molecular flexibility index (Phi) is 3.94. The fourth-order valence-electron chi connectivity index (χ4n) is 1.74. The molecule has 0 saturated carbocycles. The van der Waals surface area contributed by atoms with Gasteiger partial charge in [0.2, 0.25) is 0 Å². The average Bonchev–Trinajstić information content (AvgIpc) is 2.48. The molecule has 0 fully saturated rings. The minimum Gasteiger partial charge on any atom is -0.344 e. The van der Waals surface area contributed by atoms with Crippen LogP contribution in [0.5, 0.6) is 0 Å². The predicted octanol–water partition coefficient (Wildman–Crippen LogP) is 2.55. The molecule has 0 aliphatic rings. The summed E-state index contributed by atoms with van der Waals surface area (Å²) in [5.41, 5.74) is 1.84. The third-order valence-corrected chi connectivity index (χ3v) is 2.78. The molecule has 3 nitrogen and oxygen atoms in total. The van der Waals surface area contributed by atoms with E-state index in [1.807, 2.05) is 37.3 Å². The summed E-state index contributed by atoms with van der Waals surface area (Å²) in [6, 6.07) is 14.7. The van der Waals surface area contributed by atoms with E-state index in [0.717, 1.165) is 5.56 Å². The molecule has 19 heavy (non-hydrogen) atoms. The molecular weight excluding hydrogens is 236 g/mol. The molecule has 1 amide bonds. The van der Waals surface area contributed by atoms with E-state index in [1.54, 1.807) is 18.2 Å². The lowest BCUT2D eigenvalue weighted by molar-refractivity contribution is 0.0935. The summed E-state index contributed by atoms with van der Waals surface area (Å²) in [5, 5.41) is 2.89. The molecule has 0 bridgehead atoms. The maximum Gasteiger partial charge on any atom is 0.270 e. The zero-order chi connectivity index (χ0) is 13.7. The van der Waals surface area contributed by atoms with Crippen LogP contribution in [0.4, 0.5) is 0 Å². The van der Waals surface area contributed by atoms with E-state index < -0.39 is 0 Å². The van der Waals surface area contributed by atoms with Crippen LogP contribution in [0, 0.1) is 12.3 Å². The average molecular weight is 250 g/mol. The summed E-state index contributed by atoms with van der Waals surface area (Å²) in [5.74, 6) is 2.19. The Morgan fingerprint density at radius 2 is 1.95 bits per heavy atom. The minimum atomic E-state index is -0.228. The first kappa shape index (κ1) is 12.8. The first-order chi connectivity index (χ1) is 9.20. The Balaban J connectivity index is 2.11. The maximum absolute atomic E-state index is 12.1. The van der Waals surface area contributed by atoms with Crippen LogP contribution in [0.3, 0.4) is 0 Å². The van der Waals surface area contributed by atoms with Crippen molar-refractivity contribution < 1.29 is 4.79 Å². The largest absolute Gasteiger partial charge is 0.344 e. The summed E-state index contributed by atoms with van der Waals surface area (Å²) < 4.78 is 0. The third kappa shape index (κ3) is 3.20. The van der Waals surface area contributed by atoms with Crippen molar-refractivity contribution in [1.29, 1.82) is 0 Å². The first-order valence-corrected chi connectivity index (χ1v) is 6.00. The van der Waals surface area contributed by atoms with Gasteiger partial charge in [-0.3, -0.25) is 4.79 Å². The number of terminal acetylenes is 1. The number of nitrogens with zero attached hydrogens (tertiary/aromatic N) is 1. The number of amides is 1. The van der Waals surface area contributed by atoms with Crippen LogP contribution in [0.25, 0.3) is 0 Å². The number of carbonyl (C=O) groups excluding carboxylic acids is 1. The number of nitrogens with one attached hydrogen (secondary N) is 1. The Labute approximate surface area is 112 Å². The molecule has 1 aromatic heterocycles. The molecule has 1 N–H and O–H groups in total. The van der Waals surface area contributed by atoms with E-state index >= 15 is 0 Å². The first-order valence-electron chi connectivity index (χ1n) is 6.00. The quantitative estimate of drug-likeness (QED) is 0.851. The van der Waals surface area contributed by atoms with Crippen LogP contribution < -0.4 is 5.32 Å². The van der Waals surface area contributed by atoms with Crippen LogP contribution in [-0.4, -0.2) is 10.9 Å². The van der Waals surface area contributed by atoms with Crippen molar-refractivity contribution in [2.75, 3.05) is 0 Å². The molecule has 0 aliphatic heterocycles. The number of benzene rings is 1. The van der Waals surface area contributed by atoms with Gasteiger partial charge in [-0.05, 0) is 24.6 Å². The highest BCUT2D eigenvalue weighted by molar-refractivity contribution is 5.92. The van der Waals surface area contributed by atoms with Crippen molar-refractivity contribution in [3.63, 3.8) is 0 Å². The molecule has 0 unspecified atom stereocenters. The molecule has 1 atom stereocenters. The van der Waals surface area contributed by atoms with Crippen molar-refractivity contribution in [3.8, 4) is 12.3 Å². The van der Waals surface area contributed by atoms with E-state index in [0.29, 0.717) is 11.4 Å². The summed E-state index contributed by atoms with van der Waals surface area (Å²) >= 11 is 0.